The van der Waals surface area contributed by atoms with Gasteiger partial charge >= 0.3 is 0 Å². The molecule has 0 heterocycles. The lowest BCUT2D eigenvalue weighted by Gasteiger charge is -2.07. The molecule has 0 radical (unpaired) electrons. The fourth-order valence-corrected chi connectivity index (χ4v) is 1.41. The molecule has 0 aliphatic carbocycles. The van der Waals surface area contributed by atoms with Crippen LogP contribution >= 0.6 is 11.6 Å². The molecule has 0 bridgehead atoms. The number of Topliss-reactive ketones (excluding diaryl/α,β-unsaturated/α-hetero) is 1. The Kier molecular flexibility index (Phi) is 4.68. The van der Waals surface area contributed by atoms with Crippen molar-refractivity contribution in [3.05, 3.63) is 29.3 Å². The average Bonchev–Trinajstić information content (AvgIpc) is 2.28. The highest BCUT2D eigenvalue weighted by molar-refractivity contribution is 6.18. The second-order valence-corrected chi connectivity index (χ2v) is 3.56. The fraction of sp³-hybridized carbons (Fsp3) is 0.364. The van der Waals surface area contributed by atoms with E-state index in [1.165, 1.54) is 7.11 Å². The number of ketones is 1. The van der Waals surface area contributed by atoms with Gasteiger partial charge < -0.3 is 4.74 Å². The summed E-state index contributed by atoms with van der Waals surface area (Å²) < 4.78 is 30.7. The zero-order valence-electron chi connectivity index (χ0n) is 8.73. The smallest absolute Gasteiger partial charge is 0.166 e. The Balaban J connectivity index is 3.02. The van der Waals surface area contributed by atoms with Crippen LogP contribution in [0.15, 0.2) is 12.1 Å². The number of halogens is 3. The molecule has 16 heavy (non-hydrogen) atoms. The maximum atomic E-state index is 13.0. The predicted molar refractivity (Wildman–Crippen MR) is 57.2 cm³/mol. The molecule has 1 aromatic carbocycles. The van der Waals surface area contributed by atoms with Crippen LogP contribution in [0.4, 0.5) is 8.78 Å². The topological polar surface area (TPSA) is 26.3 Å². The number of benzene rings is 1. The summed E-state index contributed by atoms with van der Waals surface area (Å²) in [6, 6.07) is 1.72. The number of methoxy groups -OCH3 is 1. The van der Waals surface area contributed by atoms with Crippen molar-refractivity contribution in [2.45, 2.75) is 12.8 Å². The molecule has 0 spiro atoms. The summed E-state index contributed by atoms with van der Waals surface area (Å²) in [4.78, 5) is 11.6. The van der Waals surface area contributed by atoms with Crippen molar-refractivity contribution in [2.75, 3.05) is 13.0 Å². The van der Waals surface area contributed by atoms with E-state index >= 15 is 0 Å². The molecule has 88 valence electrons. The Morgan fingerprint density at radius 3 is 2.56 bits per heavy atom. The molecule has 0 aliphatic heterocycles. The van der Waals surface area contributed by atoms with Crippen molar-refractivity contribution < 1.29 is 18.3 Å². The van der Waals surface area contributed by atoms with E-state index in [0.29, 0.717) is 12.3 Å². The third-order valence-electron chi connectivity index (χ3n) is 2.08. The van der Waals surface area contributed by atoms with Crippen molar-refractivity contribution in [2.24, 2.45) is 0 Å². The van der Waals surface area contributed by atoms with E-state index in [-0.39, 0.29) is 23.5 Å². The van der Waals surface area contributed by atoms with Gasteiger partial charge in [0.25, 0.3) is 0 Å². The van der Waals surface area contributed by atoms with Crippen LogP contribution in [0.2, 0.25) is 0 Å². The summed E-state index contributed by atoms with van der Waals surface area (Å²) in [6.07, 6.45) is 0.674. The van der Waals surface area contributed by atoms with Crippen molar-refractivity contribution in [3.8, 4) is 5.75 Å². The Morgan fingerprint density at radius 2 is 2.00 bits per heavy atom. The van der Waals surface area contributed by atoms with Crippen LogP contribution in [-0.4, -0.2) is 18.8 Å². The highest BCUT2D eigenvalue weighted by Gasteiger charge is 2.16. The molecule has 5 heteroatoms. The van der Waals surface area contributed by atoms with Gasteiger partial charge in [-0.25, -0.2) is 8.78 Å². The van der Waals surface area contributed by atoms with Gasteiger partial charge in [0.15, 0.2) is 17.4 Å². The number of rotatable bonds is 5. The maximum absolute atomic E-state index is 13.0. The molecule has 0 atom stereocenters. The van der Waals surface area contributed by atoms with Gasteiger partial charge in [0, 0.05) is 18.4 Å². The number of alkyl halides is 1. The van der Waals surface area contributed by atoms with Crippen LogP contribution in [0.25, 0.3) is 0 Å². The van der Waals surface area contributed by atoms with E-state index < -0.39 is 11.6 Å². The number of ether oxygens (including phenoxy) is 1. The van der Waals surface area contributed by atoms with Gasteiger partial charge in [0.2, 0.25) is 0 Å². The van der Waals surface area contributed by atoms with Crippen molar-refractivity contribution in [1.82, 2.24) is 0 Å². The molecule has 0 saturated heterocycles. The highest BCUT2D eigenvalue weighted by Crippen LogP contribution is 2.23. The van der Waals surface area contributed by atoms with Crippen LogP contribution in [0.5, 0.6) is 5.75 Å². The van der Waals surface area contributed by atoms with Crippen LogP contribution in [0.1, 0.15) is 23.2 Å². The quantitative estimate of drug-likeness (QED) is 0.591. The van der Waals surface area contributed by atoms with Crippen LogP contribution in [-0.2, 0) is 0 Å². The zero-order chi connectivity index (χ0) is 12.1. The number of carbonyl (C=O) groups excluding carboxylic acids is 1. The molecule has 0 N–H and O–H groups in total. The Bertz CT molecular complexity index is 394. The summed E-state index contributed by atoms with van der Waals surface area (Å²) in [5.74, 6) is -2.02. The number of hydrogen-bond donors (Lipinski definition) is 0. The van der Waals surface area contributed by atoms with Crippen molar-refractivity contribution in [1.29, 1.82) is 0 Å². The van der Waals surface area contributed by atoms with E-state index in [4.69, 9.17) is 16.3 Å². The van der Waals surface area contributed by atoms with Gasteiger partial charge in [-0.15, -0.1) is 11.6 Å². The SMILES string of the molecule is COc1cc(F)c(F)cc1C(=O)CCCCl. The molecule has 0 unspecified atom stereocenters. The molecule has 1 rings (SSSR count). The number of carbonyl (C=O) groups is 1. The molecule has 0 fully saturated rings. The molecule has 0 aromatic heterocycles. The first-order chi connectivity index (χ1) is 7.60. The molecule has 0 saturated carbocycles. The van der Waals surface area contributed by atoms with E-state index in [1.807, 2.05) is 0 Å². The van der Waals surface area contributed by atoms with Gasteiger partial charge in [-0.3, -0.25) is 4.79 Å². The third kappa shape index (κ3) is 2.92. The van der Waals surface area contributed by atoms with Crippen LogP contribution in [0.3, 0.4) is 0 Å². The summed E-state index contributed by atoms with van der Waals surface area (Å²) >= 11 is 5.45. The van der Waals surface area contributed by atoms with Crippen LogP contribution < -0.4 is 4.74 Å². The van der Waals surface area contributed by atoms with E-state index in [1.54, 1.807) is 0 Å². The molecule has 2 nitrogen and oxygen atoms in total. The van der Waals surface area contributed by atoms with Gasteiger partial charge in [0.1, 0.15) is 5.75 Å². The lowest BCUT2D eigenvalue weighted by molar-refractivity contribution is 0.0978. The first-order valence-electron chi connectivity index (χ1n) is 4.72. The Labute approximate surface area is 97.2 Å². The summed E-state index contributed by atoms with van der Waals surface area (Å²) in [7, 11) is 1.30. The third-order valence-corrected chi connectivity index (χ3v) is 2.35. The van der Waals surface area contributed by atoms with Gasteiger partial charge in [-0.05, 0) is 12.5 Å². The second-order valence-electron chi connectivity index (χ2n) is 3.18. The molecule has 0 aliphatic rings. The zero-order valence-corrected chi connectivity index (χ0v) is 9.48. The minimum atomic E-state index is -1.06. The summed E-state index contributed by atoms with van der Waals surface area (Å²) in [6.45, 7) is 0. The van der Waals surface area contributed by atoms with Crippen LogP contribution in [0, 0.1) is 11.6 Å². The standard InChI is InChI=1S/C11H11ClF2O2/c1-16-11-6-9(14)8(13)5-7(11)10(15)3-2-4-12/h5-6H,2-4H2,1H3. The summed E-state index contributed by atoms with van der Waals surface area (Å²) in [5, 5.41) is 0. The second kappa shape index (κ2) is 5.80. The first-order valence-corrected chi connectivity index (χ1v) is 5.25. The van der Waals surface area contributed by atoms with Crippen molar-refractivity contribution in [3.63, 3.8) is 0 Å². The monoisotopic (exact) mass is 248 g/mol. The molecular weight excluding hydrogens is 238 g/mol. The molecule has 0 amide bonds. The van der Waals surface area contributed by atoms with Gasteiger partial charge in [-0.1, -0.05) is 0 Å². The summed E-state index contributed by atoms with van der Waals surface area (Å²) in [5.41, 5.74) is 0.0477. The minimum Gasteiger partial charge on any atom is -0.496 e. The van der Waals surface area contributed by atoms with Gasteiger partial charge in [-0.2, -0.15) is 0 Å². The fourth-order valence-electron chi connectivity index (χ4n) is 1.28. The lowest BCUT2D eigenvalue weighted by Crippen LogP contribution is -2.04. The Hall–Kier alpha value is -1.16. The minimum absolute atomic E-state index is 0.0403. The van der Waals surface area contributed by atoms with Gasteiger partial charge in [0.05, 0.1) is 12.7 Å². The molecular formula is C11H11ClF2O2. The van der Waals surface area contributed by atoms with E-state index in [9.17, 15) is 13.6 Å². The van der Waals surface area contributed by atoms with Crippen molar-refractivity contribution >= 4 is 17.4 Å². The van der Waals surface area contributed by atoms with E-state index in [2.05, 4.69) is 0 Å². The Morgan fingerprint density at radius 1 is 1.38 bits per heavy atom. The largest absolute Gasteiger partial charge is 0.496 e. The first kappa shape index (κ1) is 12.9. The number of hydrogen-bond acceptors (Lipinski definition) is 2. The molecule has 1 aromatic rings. The van der Waals surface area contributed by atoms with E-state index in [0.717, 1.165) is 12.1 Å². The predicted octanol–water partition coefficient (Wildman–Crippen LogP) is 3.18. The maximum Gasteiger partial charge on any atom is 0.166 e. The normalized spacial score (nSPS) is 10.2. The average molecular weight is 249 g/mol. The highest BCUT2D eigenvalue weighted by atomic mass is 35.5. The lowest BCUT2D eigenvalue weighted by atomic mass is 10.1.